The lowest BCUT2D eigenvalue weighted by molar-refractivity contribution is -0.122. The van der Waals surface area contributed by atoms with Gasteiger partial charge in [0.25, 0.3) is 5.91 Å². The number of benzene rings is 1. The van der Waals surface area contributed by atoms with Gasteiger partial charge in [0, 0.05) is 11.6 Å². The standard InChI is InChI=1S/C15H16N4O/c20-15(14-4-2-8-17-14)19-18-10-11-5-6-13-12(9-11)3-1-7-16-13/h1,3,5-7,9-10,14,17H,2,4,8H2,(H,19,20)/b18-10+/t14-/m0/s1. The molecular weight excluding hydrogens is 252 g/mol. The van der Waals surface area contributed by atoms with Crippen molar-refractivity contribution < 1.29 is 4.79 Å². The van der Waals surface area contributed by atoms with Gasteiger partial charge in [-0.1, -0.05) is 12.1 Å². The molecule has 2 N–H and O–H groups in total. The molecule has 5 nitrogen and oxygen atoms in total. The minimum absolute atomic E-state index is 0.0683. The van der Waals surface area contributed by atoms with Crippen molar-refractivity contribution >= 4 is 23.0 Å². The summed E-state index contributed by atoms with van der Waals surface area (Å²) in [4.78, 5) is 16.0. The van der Waals surface area contributed by atoms with Crippen LogP contribution in [0.15, 0.2) is 41.6 Å². The molecular formula is C15H16N4O. The average molecular weight is 268 g/mol. The van der Waals surface area contributed by atoms with Crippen LogP contribution in [0.2, 0.25) is 0 Å². The van der Waals surface area contributed by atoms with Gasteiger partial charge >= 0.3 is 0 Å². The molecule has 0 radical (unpaired) electrons. The fourth-order valence-corrected chi connectivity index (χ4v) is 2.33. The number of hydrogen-bond donors (Lipinski definition) is 2. The van der Waals surface area contributed by atoms with E-state index in [1.807, 2.05) is 30.3 Å². The van der Waals surface area contributed by atoms with Gasteiger partial charge in [0.05, 0.1) is 17.8 Å². The lowest BCUT2D eigenvalue weighted by atomic mass is 10.1. The van der Waals surface area contributed by atoms with Crippen molar-refractivity contribution in [3.8, 4) is 0 Å². The number of hydrazone groups is 1. The fourth-order valence-electron chi connectivity index (χ4n) is 2.33. The molecule has 1 aliphatic rings. The molecule has 1 atom stereocenters. The molecule has 1 saturated heterocycles. The first-order valence-corrected chi connectivity index (χ1v) is 6.74. The maximum Gasteiger partial charge on any atom is 0.257 e. The van der Waals surface area contributed by atoms with Crippen molar-refractivity contribution in [1.82, 2.24) is 15.7 Å². The molecule has 2 aromatic rings. The number of nitrogens with zero attached hydrogens (tertiary/aromatic N) is 2. The van der Waals surface area contributed by atoms with Gasteiger partial charge in [0.1, 0.15) is 0 Å². The molecule has 3 rings (SSSR count). The second kappa shape index (κ2) is 5.79. The third-order valence-corrected chi connectivity index (χ3v) is 3.39. The zero-order valence-electron chi connectivity index (χ0n) is 11.0. The molecule has 0 bridgehead atoms. The van der Waals surface area contributed by atoms with E-state index in [0.29, 0.717) is 0 Å². The zero-order chi connectivity index (χ0) is 13.8. The highest BCUT2D eigenvalue weighted by molar-refractivity contribution is 5.89. The number of carbonyl (C=O) groups excluding carboxylic acids is 1. The summed E-state index contributed by atoms with van der Waals surface area (Å²) in [5, 5.41) is 8.20. The Labute approximate surface area is 117 Å². The molecule has 20 heavy (non-hydrogen) atoms. The number of rotatable bonds is 3. The number of pyridine rings is 1. The highest BCUT2D eigenvalue weighted by Gasteiger charge is 2.21. The van der Waals surface area contributed by atoms with E-state index in [-0.39, 0.29) is 11.9 Å². The summed E-state index contributed by atoms with van der Waals surface area (Å²) >= 11 is 0. The molecule has 102 valence electrons. The van der Waals surface area contributed by atoms with Gasteiger partial charge in [-0.15, -0.1) is 0 Å². The minimum Gasteiger partial charge on any atom is -0.306 e. The summed E-state index contributed by atoms with van der Waals surface area (Å²) in [5.74, 6) is -0.0683. The lowest BCUT2D eigenvalue weighted by Gasteiger charge is -2.06. The van der Waals surface area contributed by atoms with Crippen LogP contribution >= 0.6 is 0 Å². The molecule has 0 spiro atoms. The normalized spacial score (nSPS) is 18.7. The summed E-state index contributed by atoms with van der Waals surface area (Å²) < 4.78 is 0. The van der Waals surface area contributed by atoms with Crippen molar-refractivity contribution in [2.24, 2.45) is 5.10 Å². The van der Waals surface area contributed by atoms with E-state index < -0.39 is 0 Å². The van der Waals surface area contributed by atoms with E-state index in [9.17, 15) is 4.79 Å². The Bertz CT molecular complexity index is 647. The first kappa shape index (κ1) is 12.7. The summed E-state index contributed by atoms with van der Waals surface area (Å²) in [6, 6.07) is 9.66. The van der Waals surface area contributed by atoms with Crippen molar-refractivity contribution in [3.63, 3.8) is 0 Å². The third kappa shape index (κ3) is 2.83. The summed E-state index contributed by atoms with van der Waals surface area (Å²) in [6.45, 7) is 0.902. The molecule has 2 heterocycles. The summed E-state index contributed by atoms with van der Waals surface area (Å²) in [7, 11) is 0. The Hall–Kier alpha value is -2.27. The molecule has 0 aliphatic carbocycles. The fraction of sp³-hybridized carbons (Fsp3) is 0.267. The number of hydrogen-bond acceptors (Lipinski definition) is 4. The van der Waals surface area contributed by atoms with Crippen molar-refractivity contribution in [3.05, 3.63) is 42.1 Å². The Morgan fingerprint density at radius 1 is 1.45 bits per heavy atom. The van der Waals surface area contributed by atoms with E-state index in [1.54, 1.807) is 12.4 Å². The smallest absolute Gasteiger partial charge is 0.257 e. The van der Waals surface area contributed by atoms with Gasteiger partial charge in [-0.05, 0) is 43.1 Å². The lowest BCUT2D eigenvalue weighted by Crippen LogP contribution is -2.38. The quantitative estimate of drug-likeness (QED) is 0.654. The number of aromatic nitrogens is 1. The topological polar surface area (TPSA) is 66.4 Å². The zero-order valence-corrected chi connectivity index (χ0v) is 11.0. The van der Waals surface area contributed by atoms with Crippen LogP contribution in [0.5, 0.6) is 0 Å². The van der Waals surface area contributed by atoms with Crippen LogP contribution < -0.4 is 10.7 Å². The molecule has 1 aliphatic heterocycles. The number of nitrogens with one attached hydrogen (secondary N) is 2. The van der Waals surface area contributed by atoms with Gasteiger partial charge in [0.2, 0.25) is 0 Å². The highest BCUT2D eigenvalue weighted by atomic mass is 16.2. The summed E-state index contributed by atoms with van der Waals surface area (Å²) in [6.07, 6.45) is 5.34. The van der Waals surface area contributed by atoms with Crippen LogP contribution in [0, 0.1) is 0 Å². The Morgan fingerprint density at radius 3 is 3.25 bits per heavy atom. The van der Waals surface area contributed by atoms with E-state index in [2.05, 4.69) is 20.8 Å². The molecule has 1 amide bonds. The van der Waals surface area contributed by atoms with E-state index >= 15 is 0 Å². The van der Waals surface area contributed by atoms with Gasteiger partial charge in [-0.3, -0.25) is 9.78 Å². The second-order valence-corrected chi connectivity index (χ2v) is 4.84. The number of fused-ring (bicyclic) bond motifs is 1. The minimum atomic E-state index is -0.104. The van der Waals surface area contributed by atoms with Crippen LogP contribution in [-0.4, -0.2) is 29.7 Å². The predicted molar refractivity (Wildman–Crippen MR) is 78.5 cm³/mol. The van der Waals surface area contributed by atoms with Crippen molar-refractivity contribution in [2.45, 2.75) is 18.9 Å². The number of carbonyl (C=O) groups is 1. The Balaban J connectivity index is 1.66. The molecule has 0 saturated carbocycles. The predicted octanol–water partition coefficient (Wildman–Crippen LogP) is 1.44. The molecule has 1 fully saturated rings. The molecule has 1 aromatic heterocycles. The molecule has 1 aromatic carbocycles. The van der Waals surface area contributed by atoms with E-state index in [0.717, 1.165) is 35.9 Å². The van der Waals surface area contributed by atoms with Crippen molar-refractivity contribution in [1.29, 1.82) is 0 Å². The van der Waals surface area contributed by atoms with E-state index in [4.69, 9.17) is 0 Å². The second-order valence-electron chi connectivity index (χ2n) is 4.84. The van der Waals surface area contributed by atoms with Crippen LogP contribution in [0.25, 0.3) is 10.9 Å². The molecule has 5 heteroatoms. The Morgan fingerprint density at radius 2 is 2.40 bits per heavy atom. The van der Waals surface area contributed by atoms with Gasteiger partial charge in [0.15, 0.2) is 0 Å². The van der Waals surface area contributed by atoms with Gasteiger partial charge in [-0.25, -0.2) is 5.43 Å². The van der Waals surface area contributed by atoms with Crippen LogP contribution in [0.1, 0.15) is 18.4 Å². The average Bonchev–Trinajstić information content (AvgIpc) is 3.01. The maximum absolute atomic E-state index is 11.8. The third-order valence-electron chi connectivity index (χ3n) is 3.39. The summed E-state index contributed by atoms with van der Waals surface area (Å²) in [5.41, 5.74) is 4.46. The van der Waals surface area contributed by atoms with Crippen LogP contribution in [0.3, 0.4) is 0 Å². The SMILES string of the molecule is O=C(N/N=C/c1ccc2ncccc2c1)[C@@H]1CCCN1. The maximum atomic E-state index is 11.8. The van der Waals surface area contributed by atoms with E-state index in [1.165, 1.54) is 0 Å². The number of amides is 1. The van der Waals surface area contributed by atoms with Gasteiger partial charge in [-0.2, -0.15) is 5.10 Å². The van der Waals surface area contributed by atoms with Crippen LogP contribution in [-0.2, 0) is 4.79 Å². The first-order valence-electron chi connectivity index (χ1n) is 6.74. The largest absolute Gasteiger partial charge is 0.306 e. The Kier molecular flexibility index (Phi) is 3.69. The highest BCUT2D eigenvalue weighted by Crippen LogP contribution is 2.11. The molecule has 0 unspecified atom stereocenters. The monoisotopic (exact) mass is 268 g/mol. The first-order chi connectivity index (χ1) is 9.83. The van der Waals surface area contributed by atoms with Gasteiger partial charge < -0.3 is 5.32 Å². The van der Waals surface area contributed by atoms with Crippen molar-refractivity contribution in [2.75, 3.05) is 6.54 Å². The van der Waals surface area contributed by atoms with Crippen LogP contribution in [0.4, 0.5) is 0 Å².